The lowest BCUT2D eigenvalue weighted by Crippen LogP contribution is -2.30. The zero-order valence-corrected chi connectivity index (χ0v) is 21.6. The number of methoxy groups -OCH3 is 2. The minimum Gasteiger partial charge on any atom is -0.497 e. The Bertz CT molecular complexity index is 1380. The molecule has 37 heavy (non-hydrogen) atoms. The molecule has 0 aliphatic heterocycles. The molecule has 0 unspecified atom stereocenters. The first-order valence-electron chi connectivity index (χ1n) is 11.8. The van der Waals surface area contributed by atoms with Crippen LogP contribution in [0.2, 0.25) is 0 Å². The summed E-state index contributed by atoms with van der Waals surface area (Å²) in [5.41, 5.74) is 4.75. The number of carbonyl (C=O) groups excluding carboxylic acids is 1. The van der Waals surface area contributed by atoms with Crippen molar-refractivity contribution in [3.8, 4) is 22.8 Å². The molecule has 0 aliphatic rings. The van der Waals surface area contributed by atoms with Gasteiger partial charge in [0.15, 0.2) is 0 Å². The van der Waals surface area contributed by atoms with Gasteiger partial charge in [-0.1, -0.05) is 17.7 Å². The molecule has 10 heteroatoms. The van der Waals surface area contributed by atoms with Gasteiger partial charge < -0.3 is 25.4 Å². The third-order valence-corrected chi connectivity index (χ3v) is 5.67. The van der Waals surface area contributed by atoms with E-state index in [1.54, 1.807) is 32.0 Å². The molecule has 2 heterocycles. The van der Waals surface area contributed by atoms with E-state index in [-0.39, 0.29) is 5.91 Å². The van der Waals surface area contributed by atoms with Crippen LogP contribution in [0.1, 0.15) is 21.7 Å². The third-order valence-electron chi connectivity index (χ3n) is 5.67. The summed E-state index contributed by atoms with van der Waals surface area (Å²) in [4.78, 5) is 21.8. The first-order chi connectivity index (χ1) is 17.9. The Kier molecular flexibility index (Phi) is 7.87. The monoisotopic (exact) mass is 501 g/mol. The van der Waals surface area contributed by atoms with E-state index in [1.807, 2.05) is 62.4 Å². The molecule has 2 aromatic heterocycles. The second-order valence-electron chi connectivity index (χ2n) is 8.50. The van der Waals surface area contributed by atoms with Gasteiger partial charge >= 0.3 is 0 Å². The van der Waals surface area contributed by atoms with Crippen LogP contribution < -0.4 is 25.4 Å². The van der Waals surface area contributed by atoms with E-state index in [0.29, 0.717) is 47.7 Å². The molecule has 0 fully saturated rings. The predicted molar refractivity (Wildman–Crippen MR) is 144 cm³/mol. The van der Waals surface area contributed by atoms with Crippen LogP contribution in [0.25, 0.3) is 11.3 Å². The highest BCUT2D eigenvalue weighted by Gasteiger charge is 2.17. The number of hydrogen-bond acceptors (Lipinski definition) is 8. The number of hydrogen-bond donors (Lipinski definition) is 3. The molecule has 1 amide bonds. The van der Waals surface area contributed by atoms with Crippen LogP contribution in [-0.2, 0) is 7.05 Å². The lowest BCUT2D eigenvalue weighted by Gasteiger charge is -2.11. The number of benzene rings is 2. The maximum atomic E-state index is 12.8. The van der Waals surface area contributed by atoms with Crippen LogP contribution in [-0.4, -0.2) is 53.0 Å². The maximum Gasteiger partial charge on any atom is 0.269 e. The minimum absolute atomic E-state index is 0.239. The average Bonchev–Trinajstić information content (AvgIpc) is 3.28. The molecule has 10 nitrogen and oxygen atoms in total. The number of nitrogens with zero attached hydrogens (tertiary/aromatic N) is 4. The first kappa shape index (κ1) is 25.5. The largest absolute Gasteiger partial charge is 0.497 e. The molecule has 4 aromatic rings. The highest BCUT2D eigenvalue weighted by Crippen LogP contribution is 2.32. The molecular weight excluding hydrogens is 470 g/mol. The van der Waals surface area contributed by atoms with Crippen molar-refractivity contribution in [2.24, 2.45) is 7.05 Å². The standard InChI is InChI=1S/C27H31N7O3/c1-17-6-8-19(9-7-17)31-25-14-18(2)30-27(32-25)29-13-12-28-26(35)23-16-22(33-34(23)3)21-15-20(36-4)10-11-24(21)37-5/h6-11,14-16H,12-13H2,1-5H3,(H,28,35)(H2,29,30,31,32). The highest BCUT2D eigenvalue weighted by molar-refractivity contribution is 5.94. The number of aromatic nitrogens is 4. The zero-order chi connectivity index (χ0) is 26.4. The lowest BCUT2D eigenvalue weighted by molar-refractivity contribution is 0.0945. The van der Waals surface area contributed by atoms with Crippen molar-refractivity contribution in [3.05, 3.63) is 71.5 Å². The molecule has 0 saturated heterocycles. The van der Waals surface area contributed by atoms with Crippen LogP contribution >= 0.6 is 0 Å². The number of rotatable bonds is 10. The molecule has 0 bridgehead atoms. The Morgan fingerprint density at radius 3 is 2.46 bits per heavy atom. The summed E-state index contributed by atoms with van der Waals surface area (Å²) in [7, 11) is 4.92. The minimum atomic E-state index is -0.239. The van der Waals surface area contributed by atoms with Crippen LogP contribution in [0, 0.1) is 13.8 Å². The summed E-state index contributed by atoms with van der Waals surface area (Å²) < 4.78 is 12.3. The Hall–Kier alpha value is -4.60. The van der Waals surface area contributed by atoms with Gasteiger partial charge in [-0.25, -0.2) is 4.98 Å². The smallest absolute Gasteiger partial charge is 0.269 e. The van der Waals surface area contributed by atoms with E-state index in [0.717, 1.165) is 16.9 Å². The van der Waals surface area contributed by atoms with Crippen LogP contribution in [0.4, 0.5) is 17.5 Å². The van der Waals surface area contributed by atoms with E-state index in [2.05, 4.69) is 31.0 Å². The summed E-state index contributed by atoms with van der Waals surface area (Å²) in [5.74, 6) is 2.26. The maximum absolute atomic E-state index is 12.8. The molecule has 0 aliphatic carbocycles. The van der Waals surface area contributed by atoms with Gasteiger partial charge in [0.2, 0.25) is 5.95 Å². The van der Waals surface area contributed by atoms with E-state index in [1.165, 1.54) is 5.56 Å². The van der Waals surface area contributed by atoms with Crippen molar-refractivity contribution in [2.75, 3.05) is 37.9 Å². The molecule has 2 aromatic carbocycles. The van der Waals surface area contributed by atoms with E-state index >= 15 is 0 Å². The van der Waals surface area contributed by atoms with Gasteiger partial charge in [0.1, 0.15) is 23.0 Å². The molecule has 3 N–H and O–H groups in total. The van der Waals surface area contributed by atoms with Crippen molar-refractivity contribution < 1.29 is 14.3 Å². The number of anilines is 3. The summed E-state index contributed by atoms with van der Waals surface area (Å²) in [6.45, 7) is 4.78. The second kappa shape index (κ2) is 11.4. The summed E-state index contributed by atoms with van der Waals surface area (Å²) in [5, 5.41) is 13.9. The number of ether oxygens (including phenoxy) is 2. The topological polar surface area (TPSA) is 115 Å². The van der Waals surface area contributed by atoms with Crippen molar-refractivity contribution in [2.45, 2.75) is 13.8 Å². The third kappa shape index (κ3) is 6.35. The van der Waals surface area contributed by atoms with Gasteiger partial charge in [-0.05, 0) is 50.2 Å². The molecule has 0 saturated carbocycles. The quantitative estimate of drug-likeness (QED) is 0.278. The molecule has 192 valence electrons. The Labute approximate surface area is 216 Å². The summed E-state index contributed by atoms with van der Waals surface area (Å²) in [6, 6.07) is 17.1. The number of nitrogens with one attached hydrogen (secondary N) is 3. The van der Waals surface area contributed by atoms with Crippen molar-refractivity contribution in [1.29, 1.82) is 0 Å². The Morgan fingerprint density at radius 2 is 1.73 bits per heavy atom. The van der Waals surface area contributed by atoms with Gasteiger partial charge in [-0.2, -0.15) is 10.1 Å². The van der Waals surface area contributed by atoms with Crippen molar-refractivity contribution in [3.63, 3.8) is 0 Å². The van der Waals surface area contributed by atoms with Gasteiger partial charge in [0.05, 0.1) is 19.9 Å². The number of aryl methyl sites for hydroxylation is 3. The van der Waals surface area contributed by atoms with Crippen molar-refractivity contribution in [1.82, 2.24) is 25.1 Å². The van der Waals surface area contributed by atoms with E-state index in [4.69, 9.17) is 9.47 Å². The number of carbonyl (C=O) groups is 1. The van der Waals surface area contributed by atoms with Gasteiger partial charge in [-0.3, -0.25) is 9.48 Å². The lowest BCUT2D eigenvalue weighted by atomic mass is 10.1. The molecule has 0 radical (unpaired) electrons. The Balaban J connectivity index is 1.36. The molecule has 0 atom stereocenters. The second-order valence-corrected chi connectivity index (χ2v) is 8.50. The van der Waals surface area contributed by atoms with Gasteiger partial charge in [0, 0.05) is 43.1 Å². The van der Waals surface area contributed by atoms with Gasteiger partial charge in [0.25, 0.3) is 5.91 Å². The number of amides is 1. The van der Waals surface area contributed by atoms with Crippen LogP contribution in [0.5, 0.6) is 11.5 Å². The fourth-order valence-corrected chi connectivity index (χ4v) is 3.76. The van der Waals surface area contributed by atoms with Crippen LogP contribution in [0.3, 0.4) is 0 Å². The summed E-state index contributed by atoms with van der Waals surface area (Å²) >= 11 is 0. The molecule has 0 spiro atoms. The first-order valence-corrected chi connectivity index (χ1v) is 11.8. The zero-order valence-electron chi connectivity index (χ0n) is 21.6. The normalized spacial score (nSPS) is 10.6. The SMILES string of the molecule is COc1ccc(OC)c(-c2cc(C(=O)NCCNc3nc(C)cc(Nc4ccc(C)cc4)n3)n(C)n2)c1. The molecular formula is C27H31N7O3. The fraction of sp³-hybridized carbons (Fsp3) is 0.259. The predicted octanol–water partition coefficient (Wildman–Crippen LogP) is 4.10. The van der Waals surface area contributed by atoms with Crippen molar-refractivity contribution >= 4 is 23.4 Å². The van der Waals surface area contributed by atoms with E-state index < -0.39 is 0 Å². The van der Waals surface area contributed by atoms with E-state index in [9.17, 15) is 4.79 Å². The van der Waals surface area contributed by atoms with Gasteiger partial charge in [-0.15, -0.1) is 0 Å². The Morgan fingerprint density at radius 1 is 0.946 bits per heavy atom. The van der Waals surface area contributed by atoms with Crippen LogP contribution in [0.15, 0.2) is 54.6 Å². The molecule has 4 rings (SSSR count). The fourth-order valence-electron chi connectivity index (χ4n) is 3.76. The average molecular weight is 502 g/mol. The summed E-state index contributed by atoms with van der Waals surface area (Å²) in [6.07, 6.45) is 0. The highest BCUT2D eigenvalue weighted by atomic mass is 16.5.